The molecule has 1 aliphatic rings. The van der Waals surface area contributed by atoms with Crippen molar-refractivity contribution in [1.29, 1.82) is 0 Å². The van der Waals surface area contributed by atoms with Gasteiger partial charge in [-0.1, -0.05) is 12.1 Å². The minimum Gasteiger partial charge on any atom is -0.359 e. The summed E-state index contributed by atoms with van der Waals surface area (Å²) in [6.45, 7) is 1.17. The molecule has 0 unspecified atom stereocenters. The number of carbonyl (C=O) groups is 2. The average molecular weight is 335 g/mol. The lowest BCUT2D eigenvalue weighted by Crippen LogP contribution is -2.41. The van der Waals surface area contributed by atoms with Crippen molar-refractivity contribution in [3.8, 4) is 0 Å². The van der Waals surface area contributed by atoms with Crippen molar-refractivity contribution in [2.75, 3.05) is 19.8 Å². The second-order valence-electron chi connectivity index (χ2n) is 5.72. The van der Waals surface area contributed by atoms with Gasteiger partial charge in [0.2, 0.25) is 5.91 Å². The summed E-state index contributed by atoms with van der Waals surface area (Å²) in [6.07, 6.45) is 5.31. The number of rotatable bonds is 8. The molecule has 0 spiro atoms. The average Bonchev–Trinajstić information content (AvgIpc) is 3.41. The van der Waals surface area contributed by atoms with Crippen LogP contribution in [0.25, 0.3) is 0 Å². The smallest absolute Gasteiger partial charge is 0.317 e. The Labute approximate surface area is 142 Å². The molecule has 1 aromatic rings. The van der Waals surface area contributed by atoms with Crippen molar-refractivity contribution < 1.29 is 9.59 Å². The monoisotopic (exact) mass is 335 g/mol. The van der Waals surface area contributed by atoms with Gasteiger partial charge in [0.15, 0.2) is 0 Å². The summed E-state index contributed by atoms with van der Waals surface area (Å²) < 4.78 is 0. The third-order valence-electron chi connectivity index (χ3n) is 3.90. The molecule has 1 aliphatic carbocycles. The summed E-state index contributed by atoms with van der Waals surface area (Å²) in [5.74, 6) is 0.00665. The standard InChI is InChI=1S/C17H25N3O2S/c1-18-16(21)4-3-11-19-17(22)20(14-7-8-14)12-13-5-9-15(23-2)10-6-13/h5-6,9-10,14H,3-4,7-8,11-12H2,1-2H3,(H,18,21)(H,19,22). The lowest BCUT2D eigenvalue weighted by Gasteiger charge is -2.23. The van der Waals surface area contributed by atoms with E-state index < -0.39 is 0 Å². The van der Waals surface area contributed by atoms with Gasteiger partial charge in [0, 0.05) is 37.5 Å². The van der Waals surface area contributed by atoms with E-state index in [1.165, 1.54) is 4.90 Å². The van der Waals surface area contributed by atoms with Crippen molar-refractivity contribution in [2.24, 2.45) is 0 Å². The second-order valence-corrected chi connectivity index (χ2v) is 6.60. The van der Waals surface area contributed by atoms with Crippen LogP contribution in [0.2, 0.25) is 0 Å². The van der Waals surface area contributed by atoms with Crippen molar-refractivity contribution in [3.05, 3.63) is 29.8 Å². The third kappa shape index (κ3) is 5.78. The molecule has 3 amide bonds. The summed E-state index contributed by atoms with van der Waals surface area (Å²) >= 11 is 1.71. The van der Waals surface area contributed by atoms with E-state index in [2.05, 4.69) is 41.2 Å². The summed E-state index contributed by atoms with van der Waals surface area (Å²) in [5.41, 5.74) is 1.15. The quantitative estimate of drug-likeness (QED) is 0.567. The molecule has 2 rings (SSSR count). The van der Waals surface area contributed by atoms with Gasteiger partial charge in [-0.25, -0.2) is 4.79 Å². The molecular formula is C17H25N3O2S. The first-order chi connectivity index (χ1) is 11.1. The predicted octanol–water partition coefficient (Wildman–Crippen LogP) is 2.61. The van der Waals surface area contributed by atoms with E-state index in [0.29, 0.717) is 32.0 Å². The molecule has 0 aliphatic heterocycles. The largest absolute Gasteiger partial charge is 0.359 e. The fourth-order valence-electron chi connectivity index (χ4n) is 2.35. The molecule has 0 saturated heterocycles. The van der Waals surface area contributed by atoms with Gasteiger partial charge in [-0.05, 0) is 43.2 Å². The molecule has 0 atom stereocenters. The number of nitrogens with one attached hydrogen (secondary N) is 2. The maximum absolute atomic E-state index is 12.4. The van der Waals surface area contributed by atoms with Crippen LogP contribution in [0.4, 0.5) is 4.79 Å². The zero-order chi connectivity index (χ0) is 16.7. The summed E-state index contributed by atoms with van der Waals surface area (Å²) in [4.78, 5) is 26.7. The van der Waals surface area contributed by atoms with Crippen LogP contribution >= 0.6 is 11.8 Å². The lowest BCUT2D eigenvalue weighted by molar-refractivity contribution is -0.120. The second kappa shape index (κ2) is 8.82. The molecule has 0 bridgehead atoms. The highest BCUT2D eigenvalue weighted by Gasteiger charge is 2.32. The predicted molar refractivity (Wildman–Crippen MR) is 93.5 cm³/mol. The van der Waals surface area contributed by atoms with Crippen molar-refractivity contribution in [1.82, 2.24) is 15.5 Å². The van der Waals surface area contributed by atoms with Gasteiger partial charge in [0.05, 0.1) is 0 Å². The number of hydrogen-bond acceptors (Lipinski definition) is 3. The van der Waals surface area contributed by atoms with Crippen LogP contribution in [-0.4, -0.2) is 42.7 Å². The van der Waals surface area contributed by atoms with E-state index in [1.807, 2.05) is 4.90 Å². The Morgan fingerprint density at radius 1 is 1.26 bits per heavy atom. The number of nitrogens with zero attached hydrogens (tertiary/aromatic N) is 1. The fraction of sp³-hybridized carbons (Fsp3) is 0.529. The van der Waals surface area contributed by atoms with Gasteiger partial charge in [-0.3, -0.25) is 4.79 Å². The Bertz CT molecular complexity index is 529. The SMILES string of the molecule is CNC(=O)CCCNC(=O)N(Cc1ccc(SC)cc1)C1CC1. The molecule has 6 heteroatoms. The van der Waals surface area contributed by atoms with Gasteiger partial charge in [0.25, 0.3) is 0 Å². The topological polar surface area (TPSA) is 61.4 Å². The van der Waals surface area contributed by atoms with Gasteiger partial charge in [-0.2, -0.15) is 0 Å². The first-order valence-corrected chi connectivity index (χ1v) is 9.24. The van der Waals surface area contributed by atoms with E-state index in [1.54, 1.807) is 18.8 Å². The maximum atomic E-state index is 12.4. The van der Waals surface area contributed by atoms with Crippen LogP contribution in [0.1, 0.15) is 31.2 Å². The van der Waals surface area contributed by atoms with E-state index in [-0.39, 0.29) is 11.9 Å². The molecule has 126 valence electrons. The molecular weight excluding hydrogens is 310 g/mol. The number of thioether (sulfide) groups is 1. The van der Waals surface area contributed by atoms with Crippen LogP contribution in [0.5, 0.6) is 0 Å². The maximum Gasteiger partial charge on any atom is 0.317 e. The van der Waals surface area contributed by atoms with E-state index >= 15 is 0 Å². The molecule has 0 radical (unpaired) electrons. The number of urea groups is 1. The normalized spacial score (nSPS) is 13.5. The van der Waals surface area contributed by atoms with Gasteiger partial charge in [-0.15, -0.1) is 11.8 Å². The Morgan fingerprint density at radius 2 is 1.96 bits per heavy atom. The van der Waals surface area contributed by atoms with Gasteiger partial charge < -0.3 is 15.5 Å². The lowest BCUT2D eigenvalue weighted by atomic mass is 10.2. The number of benzene rings is 1. The van der Waals surface area contributed by atoms with E-state index in [4.69, 9.17) is 0 Å². The molecule has 1 aromatic carbocycles. The van der Waals surface area contributed by atoms with Crippen LogP contribution in [0.15, 0.2) is 29.2 Å². The number of hydrogen-bond donors (Lipinski definition) is 2. The van der Waals surface area contributed by atoms with E-state index in [9.17, 15) is 9.59 Å². The first-order valence-electron chi connectivity index (χ1n) is 8.02. The Balaban J connectivity index is 1.82. The van der Waals surface area contributed by atoms with Gasteiger partial charge in [0.1, 0.15) is 0 Å². The summed E-state index contributed by atoms with van der Waals surface area (Å²) in [6, 6.07) is 8.67. The Kier molecular flexibility index (Phi) is 6.77. The van der Waals surface area contributed by atoms with E-state index in [0.717, 1.165) is 18.4 Å². The van der Waals surface area contributed by atoms with Crippen molar-refractivity contribution >= 4 is 23.7 Å². The number of amides is 3. The van der Waals surface area contributed by atoms with Crippen molar-refractivity contribution in [3.63, 3.8) is 0 Å². The molecule has 2 N–H and O–H groups in total. The van der Waals surface area contributed by atoms with Crippen molar-refractivity contribution in [2.45, 2.75) is 43.2 Å². The Morgan fingerprint density at radius 3 is 2.52 bits per heavy atom. The molecule has 0 aromatic heterocycles. The molecule has 1 fully saturated rings. The Hall–Kier alpha value is -1.69. The molecule has 23 heavy (non-hydrogen) atoms. The van der Waals surface area contributed by atoms with Crippen LogP contribution in [-0.2, 0) is 11.3 Å². The van der Waals surface area contributed by atoms with Crippen LogP contribution < -0.4 is 10.6 Å². The molecule has 0 heterocycles. The fourth-order valence-corrected chi connectivity index (χ4v) is 2.76. The van der Waals surface area contributed by atoms with Crippen LogP contribution in [0.3, 0.4) is 0 Å². The highest BCUT2D eigenvalue weighted by Crippen LogP contribution is 2.28. The molecule has 5 nitrogen and oxygen atoms in total. The first kappa shape index (κ1) is 17.7. The number of carbonyl (C=O) groups excluding carboxylic acids is 2. The highest BCUT2D eigenvalue weighted by molar-refractivity contribution is 7.98. The summed E-state index contributed by atoms with van der Waals surface area (Å²) in [5, 5.41) is 5.51. The zero-order valence-electron chi connectivity index (χ0n) is 13.8. The molecule has 1 saturated carbocycles. The van der Waals surface area contributed by atoms with Crippen LogP contribution in [0, 0.1) is 0 Å². The summed E-state index contributed by atoms with van der Waals surface area (Å²) in [7, 11) is 1.62. The minimum atomic E-state index is -0.0293. The zero-order valence-corrected chi connectivity index (χ0v) is 14.6. The van der Waals surface area contributed by atoms with Gasteiger partial charge >= 0.3 is 6.03 Å². The highest BCUT2D eigenvalue weighted by atomic mass is 32.2. The minimum absolute atomic E-state index is 0.00665. The third-order valence-corrected chi connectivity index (χ3v) is 4.64.